The standard InChI is InChI=1S/C13H19FN2O3S/c1-13(17)6-3-8-16(9-7-13)12-10(14)4-2-5-11(12)20(15,18)19/h2,4-5,17H,3,6-9H2,1H3,(H2,15,18,19). The first-order valence-electron chi connectivity index (χ1n) is 6.49. The Bertz CT molecular complexity index is 602. The zero-order chi connectivity index (χ0) is 15.0. The summed E-state index contributed by atoms with van der Waals surface area (Å²) in [6.45, 7) is 2.61. The number of nitrogens with two attached hydrogens (primary N) is 1. The van der Waals surface area contributed by atoms with E-state index in [-0.39, 0.29) is 10.6 Å². The van der Waals surface area contributed by atoms with E-state index >= 15 is 0 Å². The molecular weight excluding hydrogens is 283 g/mol. The number of hydrogen-bond donors (Lipinski definition) is 2. The molecule has 1 saturated heterocycles. The number of benzene rings is 1. The number of anilines is 1. The van der Waals surface area contributed by atoms with Crippen LogP contribution in [0.1, 0.15) is 26.2 Å². The van der Waals surface area contributed by atoms with E-state index in [4.69, 9.17) is 5.14 Å². The monoisotopic (exact) mass is 302 g/mol. The van der Waals surface area contributed by atoms with Crippen molar-refractivity contribution < 1.29 is 17.9 Å². The minimum Gasteiger partial charge on any atom is -0.390 e. The van der Waals surface area contributed by atoms with Crippen LogP contribution in [0.2, 0.25) is 0 Å². The molecule has 1 aliphatic heterocycles. The molecule has 0 saturated carbocycles. The Morgan fingerprint density at radius 1 is 1.35 bits per heavy atom. The van der Waals surface area contributed by atoms with E-state index in [2.05, 4.69) is 0 Å². The van der Waals surface area contributed by atoms with Gasteiger partial charge < -0.3 is 10.0 Å². The Kier molecular flexibility index (Phi) is 4.04. The molecule has 1 fully saturated rings. The van der Waals surface area contributed by atoms with Crippen LogP contribution in [0.5, 0.6) is 0 Å². The largest absolute Gasteiger partial charge is 0.390 e. The molecule has 5 nitrogen and oxygen atoms in total. The van der Waals surface area contributed by atoms with Crippen LogP contribution in [0.25, 0.3) is 0 Å². The summed E-state index contributed by atoms with van der Waals surface area (Å²) < 4.78 is 37.3. The zero-order valence-electron chi connectivity index (χ0n) is 11.3. The first kappa shape index (κ1) is 15.2. The van der Waals surface area contributed by atoms with Crippen molar-refractivity contribution in [2.45, 2.75) is 36.7 Å². The van der Waals surface area contributed by atoms with Gasteiger partial charge in [0.15, 0.2) is 0 Å². The Balaban J connectivity index is 2.42. The average Bonchev–Trinajstić information content (AvgIpc) is 2.49. The van der Waals surface area contributed by atoms with Gasteiger partial charge in [-0.2, -0.15) is 0 Å². The fraction of sp³-hybridized carbons (Fsp3) is 0.538. The lowest BCUT2D eigenvalue weighted by Crippen LogP contribution is -2.30. The highest BCUT2D eigenvalue weighted by atomic mass is 32.2. The molecule has 0 bridgehead atoms. The minimum atomic E-state index is -3.99. The summed E-state index contributed by atoms with van der Waals surface area (Å²) >= 11 is 0. The van der Waals surface area contributed by atoms with Gasteiger partial charge in [-0.05, 0) is 38.3 Å². The number of sulfonamides is 1. The number of nitrogens with zero attached hydrogens (tertiary/aromatic N) is 1. The predicted molar refractivity (Wildman–Crippen MR) is 74.5 cm³/mol. The van der Waals surface area contributed by atoms with Crippen LogP contribution in [-0.4, -0.2) is 32.2 Å². The van der Waals surface area contributed by atoms with Crippen molar-refractivity contribution in [2.24, 2.45) is 5.14 Å². The normalized spacial score (nSPS) is 24.5. The van der Waals surface area contributed by atoms with Crippen LogP contribution in [-0.2, 0) is 10.0 Å². The van der Waals surface area contributed by atoms with Gasteiger partial charge in [0.05, 0.1) is 11.3 Å². The highest BCUT2D eigenvalue weighted by Crippen LogP contribution is 2.31. The molecule has 20 heavy (non-hydrogen) atoms. The third-order valence-electron chi connectivity index (χ3n) is 3.64. The lowest BCUT2D eigenvalue weighted by atomic mass is 9.98. The molecule has 7 heteroatoms. The fourth-order valence-corrected chi connectivity index (χ4v) is 3.28. The van der Waals surface area contributed by atoms with E-state index in [0.717, 1.165) is 0 Å². The second kappa shape index (κ2) is 5.31. The molecule has 2 rings (SSSR count). The Morgan fingerprint density at radius 2 is 2.05 bits per heavy atom. The van der Waals surface area contributed by atoms with Crippen molar-refractivity contribution in [2.75, 3.05) is 18.0 Å². The molecule has 1 heterocycles. The second-order valence-corrected chi connectivity index (χ2v) is 7.00. The van der Waals surface area contributed by atoms with Crippen LogP contribution in [0.15, 0.2) is 23.1 Å². The quantitative estimate of drug-likeness (QED) is 0.860. The maximum absolute atomic E-state index is 14.1. The van der Waals surface area contributed by atoms with Crippen LogP contribution in [0.4, 0.5) is 10.1 Å². The third kappa shape index (κ3) is 3.28. The number of primary sulfonamides is 1. The number of rotatable bonds is 2. The van der Waals surface area contributed by atoms with Crippen LogP contribution < -0.4 is 10.0 Å². The van der Waals surface area contributed by atoms with Gasteiger partial charge in [-0.25, -0.2) is 17.9 Å². The molecule has 0 aromatic heterocycles. The van der Waals surface area contributed by atoms with Crippen LogP contribution >= 0.6 is 0 Å². The SMILES string of the molecule is CC1(O)CCCN(c2c(F)cccc2S(N)(=O)=O)CC1. The van der Waals surface area contributed by atoms with E-state index in [1.54, 1.807) is 11.8 Å². The number of aliphatic hydroxyl groups is 1. The number of halogens is 1. The second-order valence-electron chi connectivity index (χ2n) is 5.47. The van der Waals surface area contributed by atoms with Gasteiger partial charge in [0, 0.05) is 13.1 Å². The summed E-state index contributed by atoms with van der Waals surface area (Å²) in [5, 5.41) is 15.2. The molecule has 0 amide bonds. The first-order chi connectivity index (χ1) is 9.21. The molecule has 1 unspecified atom stereocenters. The van der Waals surface area contributed by atoms with E-state index in [9.17, 15) is 17.9 Å². The Hall–Kier alpha value is -1.18. The third-order valence-corrected chi connectivity index (χ3v) is 4.58. The zero-order valence-corrected chi connectivity index (χ0v) is 12.2. The molecule has 1 aliphatic rings. The van der Waals surface area contributed by atoms with Gasteiger partial charge in [0.25, 0.3) is 0 Å². The van der Waals surface area contributed by atoms with E-state index < -0.39 is 21.4 Å². The van der Waals surface area contributed by atoms with Crippen molar-refractivity contribution in [1.82, 2.24) is 0 Å². The lowest BCUT2D eigenvalue weighted by molar-refractivity contribution is 0.0481. The van der Waals surface area contributed by atoms with Crippen molar-refractivity contribution in [3.8, 4) is 0 Å². The smallest absolute Gasteiger partial charge is 0.240 e. The van der Waals surface area contributed by atoms with Gasteiger partial charge in [-0.15, -0.1) is 0 Å². The van der Waals surface area contributed by atoms with Crippen molar-refractivity contribution in [3.05, 3.63) is 24.0 Å². The Morgan fingerprint density at radius 3 is 2.70 bits per heavy atom. The van der Waals surface area contributed by atoms with Crippen molar-refractivity contribution in [1.29, 1.82) is 0 Å². The van der Waals surface area contributed by atoms with Gasteiger partial charge in [-0.1, -0.05) is 6.07 Å². The highest BCUT2D eigenvalue weighted by molar-refractivity contribution is 7.89. The molecule has 1 atom stereocenters. The average molecular weight is 302 g/mol. The summed E-state index contributed by atoms with van der Waals surface area (Å²) in [6, 6.07) is 3.84. The van der Waals surface area contributed by atoms with Gasteiger partial charge >= 0.3 is 0 Å². The summed E-state index contributed by atoms with van der Waals surface area (Å²) in [5.41, 5.74) is -0.797. The molecule has 112 valence electrons. The lowest BCUT2D eigenvalue weighted by Gasteiger charge is -2.26. The summed E-state index contributed by atoms with van der Waals surface area (Å²) in [4.78, 5) is 1.44. The molecular formula is C13H19FN2O3S. The summed E-state index contributed by atoms with van der Waals surface area (Å²) in [6.07, 6.45) is 1.71. The molecule has 1 aromatic carbocycles. The first-order valence-corrected chi connectivity index (χ1v) is 8.04. The topological polar surface area (TPSA) is 83.6 Å². The van der Waals surface area contributed by atoms with Crippen molar-refractivity contribution >= 4 is 15.7 Å². The molecule has 0 aliphatic carbocycles. The number of hydrogen-bond acceptors (Lipinski definition) is 4. The van der Waals surface area contributed by atoms with E-state index in [0.29, 0.717) is 32.4 Å². The minimum absolute atomic E-state index is 0.00713. The van der Waals surface area contributed by atoms with E-state index in [1.807, 2.05) is 0 Å². The van der Waals surface area contributed by atoms with Gasteiger partial charge in [0.1, 0.15) is 10.7 Å². The molecule has 0 spiro atoms. The Labute approximate surface area is 118 Å². The molecule has 1 aromatic rings. The summed E-state index contributed by atoms with van der Waals surface area (Å²) in [5.74, 6) is -0.613. The van der Waals surface area contributed by atoms with Crippen LogP contribution in [0.3, 0.4) is 0 Å². The van der Waals surface area contributed by atoms with E-state index in [1.165, 1.54) is 18.2 Å². The fourth-order valence-electron chi connectivity index (χ4n) is 2.52. The molecule has 3 N–H and O–H groups in total. The maximum atomic E-state index is 14.1. The van der Waals surface area contributed by atoms with Crippen LogP contribution in [0, 0.1) is 5.82 Å². The number of para-hydroxylation sites is 1. The predicted octanol–water partition coefficient (Wildman–Crippen LogP) is 1.21. The van der Waals surface area contributed by atoms with Gasteiger partial charge in [-0.3, -0.25) is 0 Å². The molecule has 0 radical (unpaired) electrons. The van der Waals surface area contributed by atoms with Crippen molar-refractivity contribution in [3.63, 3.8) is 0 Å². The highest BCUT2D eigenvalue weighted by Gasteiger charge is 2.28. The maximum Gasteiger partial charge on any atom is 0.240 e. The van der Waals surface area contributed by atoms with Gasteiger partial charge in [0.2, 0.25) is 10.0 Å². The summed E-state index contributed by atoms with van der Waals surface area (Å²) in [7, 11) is -3.99.